The summed E-state index contributed by atoms with van der Waals surface area (Å²) in [5.41, 5.74) is 1.25. The van der Waals surface area contributed by atoms with Gasteiger partial charge in [0.25, 0.3) is 11.6 Å². The average molecular weight is 638 g/mol. The highest BCUT2D eigenvalue weighted by atomic mass is 127. The van der Waals surface area contributed by atoms with Gasteiger partial charge in [-0.15, -0.1) is 0 Å². The van der Waals surface area contributed by atoms with Crippen molar-refractivity contribution in [3.63, 3.8) is 0 Å². The van der Waals surface area contributed by atoms with Gasteiger partial charge in [-0.3, -0.25) is 14.9 Å². The molecule has 11 heteroatoms. The van der Waals surface area contributed by atoms with Gasteiger partial charge in [-0.2, -0.15) is 5.26 Å². The molecule has 0 unspecified atom stereocenters. The van der Waals surface area contributed by atoms with Crippen LogP contribution in [-0.4, -0.2) is 17.4 Å². The van der Waals surface area contributed by atoms with Crippen LogP contribution >= 0.6 is 45.8 Å². The van der Waals surface area contributed by atoms with E-state index >= 15 is 0 Å². The van der Waals surface area contributed by atoms with E-state index in [1.54, 1.807) is 42.5 Å². The molecular weight excluding hydrogens is 620 g/mol. The number of hydrogen-bond donors (Lipinski definition) is 1. The van der Waals surface area contributed by atoms with E-state index in [2.05, 4.69) is 27.9 Å². The monoisotopic (exact) mass is 637 g/mol. The van der Waals surface area contributed by atoms with Crippen molar-refractivity contribution in [2.45, 2.75) is 13.5 Å². The molecule has 36 heavy (non-hydrogen) atoms. The lowest BCUT2D eigenvalue weighted by molar-refractivity contribution is -0.384. The van der Waals surface area contributed by atoms with Gasteiger partial charge in [0.05, 0.1) is 30.8 Å². The highest BCUT2D eigenvalue weighted by molar-refractivity contribution is 14.1. The van der Waals surface area contributed by atoms with Crippen molar-refractivity contribution in [3.8, 4) is 17.6 Å². The third-order valence-electron chi connectivity index (χ3n) is 4.71. The van der Waals surface area contributed by atoms with Gasteiger partial charge in [0, 0.05) is 12.1 Å². The maximum Gasteiger partial charge on any atom is 0.269 e. The van der Waals surface area contributed by atoms with Crippen LogP contribution in [-0.2, 0) is 11.4 Å². The maximum atomic E-state index is 12.7. The van der Waals surface area contributed by atoms with Gasteiger partial charge in [-0.25, -0.2) is 0 Å². The van der Waals surface area contributed by atoms with Crippen LogP contribution in [0, 0.1) is 25.0 Å². The molecule has 0 heterocycles. The van der Waals surface area contributed by atoms with Crippen LogP contribution in [0.25, 0.3) is 6.08 Å². The predicted octanol–water partition coefficient (Wildman–Crippen LogP) is 7.03. The van der Waals surface area contributed by atoms with E-state index in [0.717, 1.165) is 0 Å². The van der Waals surface area contributed by atoms with Gasteiger partial charge in [-0.1, -0.05) is 41.4 Å². The Morgan fingerprint density at radius 2 is 1.94 bits per heavy atom. The standard InChI is InChI=1S/C25H18Cl2IN3O5/c1-2-35-22-12-16(9-17(13-29)25(32)30-21-8-4-7-19(26)23(21)27)11-20(28)24(22)36-14-15-5-3-6-18(10-15)31(33)34/h3-12H,2,14H2,1H3,(H,30,32)/b17-9-. The van der Waals surface area contributed by atoms with Gasteiger partial charge in [0.15, 0.2) is 11.5 Å². The fourth-order valence-corrected chi connectivity index (χ4v) is 4.22. The molecule has 184 valence electrons. The number of carbonyl (C=O) groups is 1. The van der Waals surface area contributed by atoms with Crippen LogP contribution in [0.5, 0.6) is 11.5 Å². The summed E-state index contributed by atoms with van der Waals surface area (Å²) in [5.74, 6) is 0.187. The number of carbonyl (C=O) groups excluding carboxylic acids is 1. The second kappa shape index (κ2) is 12.6. The molecule has 0 bridgehead atoms. The Kier molecular flexibility index (Phi) is 9.52. The largest absolute Gasteiger partial charge is 0.490 e. The lowest BCUT2D eigenvalue weighted by atomic mass is 10.1. The van der Waals surface area contributed by atoms with E-state index in [4.69, 9.17) is 32.7 Å². The number of nitriles is 1. The number of nitrogens with one attached hydrogen (secondary N) is 1. The van der Waals surface area contributed by atoms with E-state index in [9.17, 15) is 20.2 Å². The first-order valence-corrected chi connectivity index (χ1v) is 12.3. The number of hydrogen-bond acceptors (Lipinski definition) is 6. The predicted molar refractivity (Wildman–Crippen MR) is 146 cm³/mol. The average Bonchev–Trinajstić information content (AvgIpc) is 2.85. The highest BCUT2D eigenvalue weighted by Crippen LogP contribution is 2.36. The fraction of sp³-hybridized carbons (Fsp3) is 0.120. The number of rotatable bonds is 9. The Morgan fingerprint density at radius 1 is 1.19 bits per heavy atom. The summed E-state index contributed by atoms with van der Waals surface area (Å²) in [6.07, 6.45) is 1.42. The van der Waals surface area contributed by atoms with Gasteiger partial charge in [0.1, 0.15) is 18.2 Å². The molecule has 3 aromatic carbocycles. The zero-order valence-corrected chi connectivity index (χ0v) is 22.4. The lowest BCUT2D eigenvalue weighted by Crippen LogP contribution is -2.13. The Morgan fingerprint density at radius 3 is 2.64 bits per heavy atom. The number of anilines is 1. The SMILES string of the molecule is CCOc1cc(/C=C(/C#N)C(=O)Nc2cccc(Cl)c2Cl)cc(I)c1OCc1cccc([N+](=O)[O-])c1. The van der Waals surface area contributed by atoms with Crippen LogP contribution in [0.1, 0.15) is 18.1 Å². The summed E-state index contributed by atoms with van der Waals surface area (Å²) in [4.78, 5) is 23.3. The third-order valence-corrected chi connectivity index (χ3v) is 6.33. The molecular formula is C25H18Cl2IN3O5. The molecule has 0 spiro atoms. The minimum absolute atomic E-state index is 0.0299. The summed E-state index contributed by atoms with van der Waals surface area (Å²) >= 11 is 14.2. The quantitative estimate of drug-likeness (QED) is 0.0886. The van der Waals surface area contributed by atoms with Gasteiger partial charge in [0.2, 0.25) is 0 Å². The number of benzene rings is 3. The van der Waals surface area contributed by atoms with Crippen LogP contribution in [0.3, 0.4) is 0 Å². The zero-order chi connectivity index (χ0) is 26.2. The molecule has 8 nitrogen and oxygen atoms in total. The molecule has 0 fully saturated rings. The lowest BCUT2D eigenvalue weighted by Gasteiger charge is -2.15. The molecule has 0 aromatic heterocycles. The van der Waals surface area contributed by atoms with Crippen LogP contribution < -0.4 is 14.8 Å². The van der Waals surface area contributed by atoms with Crippen molar-refractivity contribution in [2.24, 2.45) is 0 Å². The van der Waals surface area contributed by atoms with Gasteiger partial charge >= 0.3 is 0 Å². The number of halogens is 3. The van der Waals surface area contributed by atoms with Crippen molar-refractivity contribution in [2.75, 3.05) is 11.9 Å². The van der Waals surface area contributed by atoms with E-state index in [0.29, 0.717) is 32.8 Å². The number of nitro benzene ring substituents is 1. The highest BCUT2D eigenvalue weighted by Gasteiger charge is 2.16. The summed E-state index contributed by atoms with van der Waals surface area (Å²) in [7, 11) is 0. The molecule has 3 aromatic rings. The molecule has 1 N–H and O–H groups in total. The molecule has 0 saturated carbocycles. The molecule has 1 amide bonds. The van der Waals surface area contributed by atoms with E-state index in [1.807, 2.05) is 13.0 Å². The van der Waals surface area contributed by atoms with Gasteiger partial charge < -0.3 is 14.8 Å². The number of amides is 1. The minimum atomic E-state index is -0.652. The molecule has 0 aliphatic heterocycles. The van der Waals surface area contributed by atoms with Gasteiger partial charge in [-0.05, 0) is 71.0 Å². The molecule has 0 aliphatic rings. The summed E-state index contributed by atoms with van der Waals surface area (Å²) in [5, 5.41) is 23.6. The summed E-state index contributed by atoms with van der Waals surface area (Å²) in [6, 6.07) is 16.2. The second-order valence-electron chi connectivity index (χ2n) is 7.20. The first kappa shape index (κ1) is 27.3. The number of nitrogens with zero attached hydrogens (tertiary/aromatic N) is 2. The number of ether oxygens (including phenoxy) is 2. The zero-order valence-electron chi connectivity index (χ0n) is 18.8. The Bertz CT molecular complexity index is 1390. The number of nitro groups is 1. The van der Waals surface area contributed by atoms with Crippen molar-refractivity contribution >= 4 is 69.2 Å². The first-order chi connectivity index (χ1) is 17.2. The Balaban J connectivity index is 1.86. The van der Waals surface area contributed by atoms with Crippen molar-refractivity contribution in [1.29, 1.82) is 5.26 Å². The topological polar surface area (TPSA) is 114 Å². The Labute approximate surface area is 230 Å². The minimum Gasteiger partial charge on any atom is -0.490 e. The van der Waals surface area contributed by atoms with Crippen molar-refractivity contribution in [1.82, 2.24) is 0 Å². The van der Waals surface area contributed by atoms with E-state index in [-0.39, 0.29) is 33.6 Å². The molecule has 0 radical (unpaired) electrons. The molecule has 0 saturated heterocycles. The Hall–Kier alpha value is -3.33. The maximum absolute atomic E-state index is 12.7. The number of non-ortho nitro benzene ring substituents is 1. The second-order valence-corrected chi connectivity index (χ2v) is 9.15. The summed E-state index contributed by atoms with van der Waals surface area (Å²) < 4.78 is 12.3. The van der Waals surface area contributed by atoms with Crippen molar-refractivity contribution < 1.29 is 19.2 Å². The molecule has 3 rings (SSSR count). The van der Waals surface area contributed by atoms with E-state index < -0.39 is 10.8 Å². The van der Waals surface area contributed by atoms with Crippen LogP contribution in [0.15, 0.2) is 60.2 Å². The smallest absolute Gasteiger partial charge is 0.269 e. The van der Waals surface area contributed by atoms with E-state index in [1.165, 1.54) is 18.2 Å². The first-order valence-electron chi connectivity index (χ1n) is 10.4. The molecule has 0 aliphatic carbocycles. The van der Waals surface area contributed by atoms with Crippen molar-refractivity contribution in [3.05, 3.63) is 95.0 Å². The normalized spacial score (nSPS) is 10.9. The van der Waals surface area contributed by atoms with Crippen LogP contribution in [0.4, 0.5) is 11.4 Å². The fourth-order valence-electron chi connectivity index (χ4n) is 3.09. The third kappa shape index (κ3) is 6.87. The summed E-state index contributed by atoms with van der Waals surface area (Å²) in [6.45, 7) is 2.23. The molecule has 0 atom stereocenters. The van der Waals surface area contributed by atoms with Crippen LogP contribution in [0.2, 0.25) is 10.0 Å².